The molecule has 4 heterocycles. The summed E-state index contributed by atoms with van der Waals surface area (Å²) in [4.78, 5) is 19.7. The molecule has 0 aromatic carbocycles. The number of pyridine rings is 1. The summed E-state index contributed by atoms with van der Waals surface area (Å²) < 4.78 is 12.5. The van der Waals surface area contributed by atoms with Gasteiger partial charge in [0.05, 0.1) is 24.5 Å². The number of amides is 1. The van der Waals surface area contributed by atoms with Crippen LogP contribution in [0.4, 0.5) is 4.79 Å². The summed E-state index contributed by atoms with van der Waals surface area (Å²) >= 11 is 0. The van der Waals surface area contributed by atoms with Crippen molar-refractivity contribution in [2.24, 2.45) is 0 Å². The fraction of sp³-hybridized carbons (Fsp3) is 0.500. The van der Waals surface area contributed by atoms with Crippen LogP contribution in [0.5, 0.6) is 5.75 Å². The number of ether oxygens (including phenoxy) is 2. The van der Waals surface area contributed by atoms with Crippen LogP contribution in [0, 0.1) is 0 Å². The van der Waals surface area contributed by atoms with E-state index in [1.165, 1.54) is 11.0 Å². The molecule has 0 bridgehead atoms. The Labute approximate surface area is 172 Å². The summed E-state index contributed by atoms with van der Waals surface area (Å²) in [7, 11) is 0. The van der Waals surface area contributed by atoms with Gasteiger partial charge in [0.2, 0.25) is 0 Å². The van der Waals surface area contributed by atoms with E-state index in [1.54, 1.807) is 34.2 Å². The molecule has 1 aliphatic heterocycles. The molecule has 4 rings (SSSR count). The number of rotatable bonds is 6. The smallest absolute Gasteiger partial charge is 0.410 e. The molecule has 12 nitrogen and oxygen atoms in total. The van der Waals surface area contributed by atoms with Crippen LogP contribution in [0.1, 0.15) is 38.4 Å². The maximum atomic E-state index is 12.0. The first kappa shape index (κ1) is 19.7. The molecule has 1 saturated heterocycles. The summed E-state index contributed by atoms with van der Waals surface area (Å²) in [6.07, 6.45) is 5.96. The predicted octanol–water partition coefficient (Wildman–Crippen LogP) is 1.41. The molecule has 0 atom stereocenters. The molecule has 1 aliphatic rings. The Kier molecular flexibility index (Phi) is 5.82. The number of likely N-dealkylation sites (tertiary alicyclic amines) is 1. The molecule has 3 aromatic heterocycles. The standard InChI is InChI=1S/C18H23N9O3/c1-13(2)30-18(28)25-7-5-15(6-8-25)27-21-9-14(22-27)11-29-16-3-4-17(19-10-16)26-12-20-23-24-26/h3-4,9-10,12-13,15H,5-8,11H2,1-2H3. The van der Waals surface area contributed by atoms with E-state index < -0.39 is 0 Å². The zero-order chi connectivity index (χ0) is 20.9. The van der Waals surface area contributed by atoms with Crippen molar-refractivity contribution in [1.82, 2.24) is 45.1 Å². The number of carbonyl (C=O) groups excluding carboxylic acids is 1. The molecule has 12 heteroatoms. The van der Waals surface area contributed by atoms with E-state index in [2.05, 4.69) is 30.7 Å². The first-order valence-corrected chi connectivity index (χ1v) is 9.77. The molecule has 1 fully saturated rings. The number of tetrazole rings is 1. The number of aromatic nitrogens is 8. The van der Waals surface area contributed by atoms with Crippen LogP contribution in [0.15, 0.2) is 30.9 Å². The molecule has 0 unspecified atom stereocenters. The van der Waals surface area contributed by atoms with Crippen molar-refractivity contribution >= 4 is 6.09 Å². The number of hydrogen-bond acceptors (Lipinski definition) is 9. The summed E-state index contributed by atoms with van der Waals surface area (Å²) in [5, 5.41) is 19.8. The van der Waals surface area contributed by atoms with Gasteiger partial charge < -0.3 is 14.4 Å². The Bertz CT molecular complexity index is 948. The fourth-order valence-corrected chi connectivity index (χ4v) is 3.12. The SMILES string of the molecule is CC(C)OC(=O)N1CCC(n2ncc(COc3ccc(-n4cnnn4)nc3)n2)CC1. The van der Waals surface area contributed by atoms with E-state index in [9.17, 15) is 4.79 Å². The van der Waals surface area contributed by atoms with Crippen molar-refractivity contribution in [2.45, 2.75) is 45.4 Å². The molecular weight excluding hydrogens is 390 g/mol. The Morgan fingerprint density at radius 3 is 2.73 bits per heavy atom. The Morgan fingerprint density at radius 1 is 1.23 bits per heavy atom. The third kappa shape index (κ3) is 4.70. The van der Waals surface area contributed by atoms with E-state index in [0.29, 0.717) is 24.7 Å². The van der Waals surface area contributed by atoms with Crippen LogP contribution in [0.25, 0.3) is 5.82 Å². The van der Waals surface area contributed by atoms with Crippen molar-refractivity contribution in [3.05, 3.63) is 36.5 Å². The van der Waals surface area contributed by atoms with Gasteiger partial charge in [0.15, 0.2) is 5.82 Å². The van der Waals surface area contributed by atoms with E-state index in [1.807, 2.05) is 13.8 Å². The van der Waals surface area contributed by atoms with Gasteiger partial charge in [0.25, 0.3) is 0 Å². The Hall–Kier alpha value is -3.57. The van der Waals surface area contributed by atoms with Gasteiger partial charge in [-0.15, -0.1) is 5.10 Å². The van der Waals surface area contributed by atoms with Gasteiger partial charge in [-0.05, 0) is 49.2 Å². The zero-order valence-corrected chi connectivity index (χ0v) is 16.8. The largest absolute Gasteiger partial charge is 0.486 e. The molecule has 158 valence electrons. The summed E-state index contributed by atoms with van der Waals surface area (Å²) in [5.74, 6) is 1.21. The average Bonchev–Trinajstić information content (AvgIpc) is 3.45. The lowest BCUT2D eigenvalue weighted by molar-refractivity contribution is 0.0643. The van der Waals surface area contributed by atoms with E-state index in [4.69, 9.17) is 9.47 Å². The van der Waals surface area contributed by atoms with Crippen LogP contribution in [0.3, 0.4) is 0 Å². The second-order valence-electron chi connectivity index (χ2n) is 7.20. The highest BCUT2D eigenvalue weighted by molar-refractivity contribution is 5.67. The first-order chi connectivity index (χ1) is 14.6. The maximum Gasteiger partial charge on any atom is 0.410 e. The lowest BCUT2D eigenvalue weighted by Crippen LogP contribution is -2.40. The van der Waals surface area contributed by atoms with Gasteiger partial charge in [-0.3, -0.25) is 0 Å². The van der Waals surface area contributed by atoms with E-state index in [0.717, 1.165) is 18.5 Å². The minimum absolute atomic E-state index is 0.114. The monoisotopic (exact) mass is 413 g/mol. The number of piperidine rings is 1. The normalized spacial score (nSPS) is 14.8. The first-order valence-electron chi connectivity index (χ1n) is 9.77. The lowest BCUT2D eigenvalue weighted by atomic mass is 10.1. The topological polar surface area (TPSA) is 126 Å². The molecule has 0 saturated carbocycles. The van der Waals surface area contributed by atoms with Crippen molar-refractivity contribution in [3.63, 3.8) is 0 Å². The van der Waals surface area contributed by atoms with Crippen molar-refractivity contribution < 1.29 is 14.3 Å². The van der Waals surface area contributed by atoms with Gasteiger partial charge in [-0.2, -0.15) is 19.7 Å². The summed E-state index contributed by atoms with van der Waals surface area (Å²) in [5.41, 5.74) is 0.723. The van der Waals surface area contributed by atoms with Gasteiger partial charge in [0, 0.05) is 13.1 Å². The van der Waals surface area contributed by atoms with Crippen LogP contribution in [-0.4, -0.2) is 70.4 Å². The fourth-order valence-electron chi connectivity index (χ4n) is 3.12. The predicted molar refractivity (Wildman–Crippen MR) is 103 cm³/mol. The van der Waals surface area contributed by atoms with Crippen molar-refractivity contribution in [3.8, 4) is 11.6 Å². The minimum Gasteiger partial charge on any atom is -0.486 e. The molecular formula is C18H23N9O3. The van der Waals surface area contributed by atoms with Gasteiger partial charge in [0.1, 0.15) is 24.4 Å². The quantitative estimate of drug-likeness (QED) is 0.589. The van der Waals surface area contributed by atoms with Crippen LogP contribution < -0.4 is 4.74 Å². The second kappa shape index (κ2) is 8.84. The lowest BCUT2D eigenvalue weighted by Gasteiger charge is -2.31. The zero-order valence-electron chi connectivity index (χ0n) is 16.8. The molecule has 1 amide bonds. The van der Waals surface area contributed by atoms with Gasteiger partial charge >= 0.3 is 6.09 Å². The second-order valence-corrected chi connectivity index (χ2v) is 7.20. The third-order valence-corrected chi connectivity index (χ3v) is 4.63. The van der Waals surface area contributed by atoms with Crippen LogP contribution in [-0.2, 0) is 11.3 Å². The molecule has 0 aliphatic carbocycles. The average molecular weight is 413 g/mol. The minimum atomic E-state index is -0.259. The van der Waals surface area contributed by atoms with Gasteiger partial charge in [-0.1, -0.05) is 0 Å². The molecule has 3 aromatic rings. The van der Waals surface area contributed by atoms with Crippen molar-refractivity contribution in [2.75, 3.05) is 13.1 Å². The molecule has 0 N–H and O–H groups in total. The van der Waals surface area contributed by atoms with Crippen LogP contribution in [0.2, 0.25) is 0 Å². The van der Waals surface area contributed by atoms with Crippen LogP contribution >= 0.6 is 0 Å². The third-order valence-electron chi connectivity index (χ3n) is 4.63. The highest BCUT2D eigenvalue weighted by Gasteiger charge is 2.26. The summed E-state index contributed by atoms with van der Waals surface area (Å²) in [6.45, 7) is 5.23. The van der Waals surface area contributed by atoms with Gasteiger partial charge in [-0.25, -0.2) is 9.78 Å². The molecule has 0 radical (unpaired) electrons. The molecule has 30 heavy (non-hydrogen) atoms. The summed E-state index contributed by atoms with van der Waals surface area (Å²) in [6, 6.07) is 3.71. The highest BCUT2D eigenvalue weighted by Crippen LogP contribution is 2.22. The van der Waals surface area contributed by atoms with E-state index in [-0.39, 0.29) is 24.8 Å². The number of nitrogens with zero attached hydrogens (tertiary/aromatic N) is 9. The highest BCUT2D eigenvalue weighted by atomic mass is 16.6. The maximum absolute atomic E-state index is 12.0. The Morgan fingerprint density at radius 2 is 2.07 bits per heavy atom. The number of hydrogen-bond donors (Lipinski definition) is 0. The molecule has 0 spiro atoms. The number of carbonyl (C=O) groups is 1. The van der Waals surface area contributed by atoms with E-state index >= 15 is 0 Å². The Balaban J connectivity index is 1.27. The van der Waals surface area contributed by atoms with Crippen molar-refractivity contribution in [1.29, 1.82) is 0 Å².